The van der Waals surface area contributed by atoms with Crippen molar-refractivity contribution in [2.24, 2.45) is 5.73 Å². The molecule has 2 aromatic carbocycles. The highest BCUT2D eigenvalue weighted by Crippen LogP contribution is 2.29. The molecule has 0 saturated carbocycles. The summed E-state index contributed by atoms with van der Waals surface area (Å²) in [4.78, 5) is 4.80. The molecule has 0 bridgehead atoms. The topological polar surface area (TPSA) is 98.3 Å². The van der Waals surface area contributed by atoms with Crippen molar-refractivity contribution in [2.45, 2.75) is 39.2 Å². The number of nitrogens with two attached hydrogens (primary N) is 1. The third kappa shape index (κ3) is 4.46. The molecule has 30 heavy (non-hydrogen) atoms. The predicted octanol–water partition coefficient (Wildman–Crippen LogP) is 3.62. The Morgan fingerprint density at radius 2 is 1.80 bits per heavy atom. The highest BCUT2D eigenvalue weighted by molar-refractivity contribution is 5.80. The molecule has 4 aromatic rings. The number of hydrogen-bond donors (Lipinski definition) is 2. The average molecular weight is 402 g/mol. The zero-order valence-corrected chi connectivity index (χ0v) is 17.3. The summed E-state index contributed by atoms with van der Waals surface area (Å²) in [6, 6.07) is 16.8. The van der Waals surface area contributed by atoms with Crippen LogP contribution in [0.5, 0.6) is 0 Å². The lowest BCUT2D eigenvalue weighted by Gasteiger charge is -2.10. The van der Waals surface area contributed by atoms with Gasteiger partial charge in [0.1, 0.15) is 5.82 Å². The van der Waals surface area contributed by atoms with Crippen LogP contribution in [0.2, 0.25) is 0 Å². The van der Waals surface area contributed by atoms with Crippen LogP contribution in [0.1, 0.15) is 36.8 Å². The fourth-order valence-electron chi connectivity index (χ4n) is 3.65. The van der Waals surface area contributed by atoms with Gasteiger partial charge >= 0.3 is 0 Å². The van der Waals surface area contributed by atoms with Gasteiger partial charge in [0, 0.05) is 31.1 Å². The Bertz CT molecular complexity index is 1070. The summed E-state index contributed by atoms with van der Waals surface area (Å²) in [7, 11) is 0. The summed E-state index contributed by atoms with van der Waals surface area (Å²) < 4.78 is 2.27. The van der Waals surface area contributed by atoms with Crippen molar-refractivity contribution in [1.82, 2.24) is 30.2 Å². The minimum atomic E-state index is 0.598. The Balaban J connectivity index is 1.57. The molecular formula is C23H27N7. The Hall–Kier alpha value is -3.32. The Morgan fingerprint density at radius 3 is 2.50 bits per heavy atom. The van der Waals surface area contributed by atoms with Crippen LogP contribution in [0.3, 0.4) is 0 Å². The molecule has 0 unspecified atom stereocenters. The summed E-state index contributed by atoms with van der Waals surface area (Å²) in [6.07, 6.45) is 6.27. The maximum Gasteiger partial charge on any atom is 0.205 e. The van der Waals surface area contributed by atoms with Crippen LogP contribution in [-0.2, 0) is 19.4 Å². The average Bonchev–Trinajstić information content (AvgIpc) is 3.44. The standard InChI is InChI=1S/C23H27N7/c1-2-3-8-22-25-19(13-14-24)16-30(22)15-17-9-11-18(12-10-17)20-6-4-5-7-21(20)23-26-28-29-27-23/h4-7,9-12,16H,2-3,8,13-15,24H2,1H3,(H,26,27,28,29). The van der Waals surface area contributed by atoms with Crippen LogP contribution in [0.4, 0.5) is 0 Å². The minimum Gasteiger partial charge on any atom is -0.330 e. The third-order valence-corrected chi connectivity index (χ3v) is 5.19. The monoisotopic (exact) mass is 401 g/mol. The van der Waals surface area contributed by atoms with Gasteiger partial charge in [-0.15, -0.1) is 10.2 Å². The molecule has 0 amide bonds. The Kier molecular flexibility index (Phi) is 6.29. The van der Waals surface area contributed by atoms with Gasteiger partial charge in [-0.3, -0.25) is 0 Å². The van der Waals surface area contributed by atoms with E-state index in [2.05, 4.69) is 68.6 Å². The van der Waals surface area contributed by atoms with Crippen LogP contribution < -0.4 is 5.73 Å². The van der Waals surface area contributed by atoms with E-state index in [9.17, 15) is 0 Å². The number of rotatable bonds is 9. The number of benzene rings is 2. The molecular weight excluding hydrogens is 374 g/mol. The summed E-state index contributed by atoms with van der Waals surface area (Å²) >= 11 is 0. The molecule has 3 N–H and O–H groups in total. The summed E-state index contributed by atoms with van der Waals surface area (Å²) in [5, 5.41) is 14.5. The second-order valence-electron chi connectivity index (χ2n) is 7.40. The molecule has 2 aromatic heterocycles. The van der Waals surface area contributed by atoms with E-state index in [0.29, 0.717) is 12.4 Å². The number of H-pyrrole nitrogens is 1. The van der Waals surface area contributed by atoms with Crippen LogP contribution in [0, 0.1) is 0 Å². The fourth-order valence-corrected chi connectivity index (χ4v) is 3.65. The summed E-state index contributed by atoms with van der Waals surface area (Å²) in [6.45, 7) is 3.64. The summed E-state index contributed by atoms with van der Waals surface area (Å²) in [5.41, 5.74) is 11.2. The van der Waals surface area contributed by atoms with Crippen molar-refractivity contribution in [3.63, 3.8) is 0 Å². The van der Waals surface area contributed by atoms with E-state index in [0.717, 1.165) is 60.4 Å². The number of aryl methyl sites for hydroxylation is 1. The third-order valence-electron chi connectivity index (χ3n) is 5.19. The van der Waals surface area contributed by atoms with E-state index >= 15 is 0 Å². The largest absolute Gasteiger partial charge is 0.330 e. The number of unbranched alkanes of at least 4 members (excludes halogenated alkanes) is 1. The maximum atomic E-state index is 5.73. The lowest BCUT2D eigenvalue weighted by atomic mass is 9.98. The first-order valence-electron chi connectivity index (χ1n) is 10.5. The SMILES string of the molecule is CCCCc1nc(CCN)cn1Cc1ccc(-c2ccccc2-c2nn[nH]n2)cc1. The number of aromatic nitrogens is 6. The molecule has 0 atom stereocenters. The van der Waals surface area contributed by atoms with Gasteiger partial charge in [0.15, 0.2) is 0 Å². The smallest absolute Gasteiger partial charge is 0.205 e. The van der Waals surface area contributed by atoms with Crippen LogP contribution in [0.25, 0.3) is 22.5 Å². The number of nitrogens with zero attached hydrogens (tertiary/aromatic N) is 5. The molecule has 0 spiro atoms. The quantitative estimate of drug-likeness (QED) is 0.446. The van der Waals surface area contributed by atoms with Gasteiger partial charge in [0.2, 0.25) is 5.82 Å². The molecule has 0 aliphatic rings. The second-order valence-corrected chi connectivity index (χ2v) is 7.40. The van der Waals surface area contributed by atoms with Gasteiger partial charge < -0.3 is 10.3 Å². The number of aromatic amines is 1. The van der Waals surface area contributed by atoms with E-state index in [1.165, 1.54) is 5.56 Å². The molecule has 0 fully saturated rings. The number of tetrazole rings is 1. The highest BCUT2D eigenvalue weighted by atomic mass is 15.5. The molecule has 0 aliphatic heterocycles. The van der Waals surface area contributed by atoms with Crippen molar-refractivity contribution >= 4 is 0 Å². The van der Waals surface area contributed by atoms with E-state index in [1.54, 1.807) is 0 Å². The van der Waals surface area contributed by atoms with Gasteiger partial charge in [-0.2, -0.15) is 5.21 Å². The van der Waals surface area contributed by atoms with Crippen molar-refractivity contribution in [2.75, 3.05) is 6.54 Å². The van der Waals surface area contributed by atoms with Crippen LogP contribution in [0.15, 0.2) is 54.7 Å². The fraction of sp³-hybridized carbons (Fsp3) is 0.304. The molecule has 4 rings (SSSR count). The normalized spacial score (nSPS) is 11.1. The zero-order chi connectivity index (χ0) is 20.8. The second kappa shape index (κ2) is 9.45. The molecule has 0 saturated heterocycles. The van der Waals surface area contributed by atoms with Gasteiger partial charge in [-0.05, 0) is 34.9 Å². The minimum absolute atomic E-state index is 0.598. The molecule has 7 nitrogen and oxygen atoms in total. The zero-order valence-electron chi connectivity index (χ0n) is 17.3. The molecule has 0 radical (unpaired) electrons. The molecule has 0 aliphatic carbocycles. The van der Waals surface area contributed by atoms with Crippen molar-refractivity contribution < 1.29 is 0 Å². The van der Waals surface area contributed by atoms with Crippen molar-refractivity contribution in [3.8, 4) is 22.5 Å². The lowest BCUT2D eigenvalue weighted by molar-refractivity contribution is 0.678. The van der Waals surface area contributed by atoms with Gasteiger partial charge in [0.25, 0.3) is 0 Å². The number of imidazole rings is 1. The maximum absolute atomic E-state index is 5.73. The van der Waals surface area contributed by atoms with Crippen LogP contribution >= 0.6 is 0 Å². The lowest BCUT2D eigenvalue weighted by Crippen LogP contribution is -2.04. The highest BCUT2D eigenvalue weighted by Gasteiger charge is 2.11. The predicted molar refractivity (Wildman–Crippen MR) is 118 cm³/mol. The van der Waals surface area contributed by atoms with E-state index in [4.69, 9.17) is 10.7 Å². The first kappa shape index (κ1) is 20.0. The van der Waals surface area contributed by atoms with Crippen LogP contribution in [-0.4, -0.2) is 36.7 Å². The van der Waals surface area contributed by atoms with Crippen molar-refractivity contribution in [1.29, 1.82) is 0 Å². The van der Waals surface area contributed by atoms with E-state index in [-0.39, 0.29) is 0 Å². The first-order valence-corrected chi connectivity index (χ1v) is 10.5. The van der Waals surface area contributed by atoms with E-state index < -0.39 is 0 Å². The number of hydrogen-bond acceptors (Lipinski definition) is 5. The van der Waals surface area contributed by atoms with Gasteiger partial charge in [-0.25, -0.2) is 4.98 Å². The number of nitrogens with one attached hydrogen (secondary N) is 1. The molecule has 7 heteroatoms. The summed E-state index contributed by atoms with van der Waals surface area (Å²) in [5.74, 6) is 1.74. The van der Waals surface area contributed by atoms with E-state index in [1.807, 2.05) is 18.2 Å². The van der Waals surface area contributed by atoms with Crippen molar-refractivity contribution in [3.05, 3.63) is 71.8 Å². The Labute approximate surface area is 176 Å². The first-order chi connectivity index (χ1) is 14.8. The molecule has 154 valence electrons. The molecule has 2 heterocycles. The van der Waals surface area contributed by atoms with Gasteiger partial charge in [0.05, 0.1) is 5.69 Å². The van der Waals surface area contributed by atoms with Gasteiger partial charge in [-0.1, -0.05) is 61.9 Å². The Morgan fingerprint density at radius 1 is 1.00 bits per heavy atom.